The van der Waals surface area contributed by atoms with Crippen molar-refractivity contribution in [1.29, 1.82) is 0 Å². The Kier molecular flexibility index (Phi) is 8.04. The van der Waals surface area contributed by atoms with Gasteiger partial charge in [0.2, 0.25) is 5.91 Å². The number of carbonyl (C=O) groups excluding carboxylic acids is 1. The number of alkyl halides is 3. The average molecular weight is 403 g/mol. The molecule has 0 spiro atoms. The number of carbonyl (C=O) groups is 1. The Morgan fingerprint density at radius 2 is 2.04 bits per heavy atom. The van der Waals surface area contributed by atoms with E-state index >= 15 is 0 Å². The molecule has 152 valence electrons. The van der Waals surface area contributed by atoms with Crippen LogP contribution in [0.4, 0.5) is 13.2 Å². The summed E-state index contributed by atoms with van der Waals surface area (Å²) in [6.45, 7) is 7.02. The number of likely N-dealkylation sites (tertiary alicyclic amines) is 1. The van der Waals surface area contributed by atoms with Gasteiger partial charge in [-0.25, -0.2) is 0 Å². The maximum Gasteiger partial charge on any atom is 0.401 e. The van der Waals surface area contributed by atoms with Crippen molar-refractivity contribution in [3.8, 4) is 0 Å². The highest BCUT2D eigenvalue weighted by Gasteiger charge is 2.33. The Balaban J connectivity index is 1.74. The van der Waals surface area contributed by atoms with Crippen molar-refractivity contribution in [2.24, 2.45) is 5.92 Å². The molecule has 27 heavy (non-hydrogen) atoms. The van der Waals surface area contributed by atoms with E-state index in [0.717, 1.165) is 17.1 Å². The van der Waals surface area contributed by atoms with Gasteiger partial charge in [-0.3, -0.25) is 9.69 Å². The summed E-state index contributed by atoms with van der Waals surface area (Å²) in [5.41, 5.74) is 2.50. The molecule has 1 aromatic rings. The van der Waals surface area contributed by atoms with Gasteiger partial charge in [0, 0.05) is 36.7 Å². The highest BCUT2D eigenvalue weighted by Crippen LogP contribution is 2.24. The number of nitrogens with zero attached hydrogens (tertiary/aromatic N) is 2. The first kappa shape index (κ1) is 22.1. The molecular formula is C20H29F3N2OS. The molecule has 1 saturated heterocycles. The van der Waals surface area contributed by atoms with E-state index in [9.17, 15) is 18.0 Å². The van der Waals surface area contributed by atoms with Crippen LogP contribution in [0.15, 0.2) is 23.1 Å². The molecule has 2 rings (SSSR count). The highest BCUT2D eigenvalue weighted by molar-refractivity contribution is 7.99. The van der Waals surface area contributed by atoms with Gasteiger partial charge in [0.05, 0.1) is 6.54 Å². The molecule has 1 aliphatic heterocycles. The molecule has 0 unspecified atom stereocenters. The lowest BCUT2D eigenvalue weighted by Crippen LogP contribution is -2.38. The lowest BCUT2D eigenvalue weighted by Gasteiger charge is -2.25. The second kappa shape index (κ2) is 9.82. The summed E-state index contributed by atoms with van der Waals surface area (Å²) in [6, 6.07) is 6.30. The van der Waals surface area contributed by atoms with Crippen molar-refractivity contribution in [2.75, 3.05) is 38.5 Å². The number of benzene rings is 1. The SMILES string of the molecule is CCN(C[C@@H]1CCN(C(=O)CCSc2ccc(C)c(C)c2)C1)CC(F)(F)F. The summed E-state index contributed by atoms with van der Waals surface area (Å²) in [5, 5.41) is 0. The first-order valence-corrected chi connectivity index (χ1v) is 10.4. The van der Waals surface area contributed by atoms with Crippen molar-refractivity contribution in [3.63, 3.8) is 0 Å². The third-order valence-electron chi connectivity index (χ3n) is 5.07. The first-order valence-electron chi connectivity index (χ1n) is 9.45. The highest BCUT2D eigenvalue weighted by atomic mass is 32.2. The summed E-state index contributed by atoms with van der Waals surface area (Å²) in [7, 11) is 0. The van der Waals surface area contributed by atoms with Crippen LogP contribution in [0.1, 0.15) is 30.9 Å². The van der Waals surface area contributed by atoms with Gasteiger partial charge in [0.25, 0.3) is 0 Å². The van der Waals surface area contributed by atoms with E-state index in [2.05, 4.69) is 32.0 Å². The van der Waals surface area contributed by atoms with Crippen LogP contribution >= 0.6 is 11.8 Å². The van der Waals surface area contributed by atoms with Gasteiger partial charge < -0.3 is 4.90 Å². The molecule has 0 radical (unpaired) electrons. The Morgan fingerprint density at radius 1 is 1.30 bits per heavy atom. The van der Waals surface area contributed by atoms with Crippen LogP contribution in [0, 0.1) is 19.8 Å². The molecule has 0 N–H and O–H groups in total. The maximum absolute atomic E-state index is 12.6. The zero-order valence-corrected chi connectivity index (χ0v) is 17.1. The molecule has 0 aliphatic carbocycles. The summed E-state index contributed by atoms with van der Waals surface area (Å²) < 4.78 is 37.8. The second-order valence-electron chi connectivity index (χ2n) is 7.28. The zero-order chi connectivity index (χ0) is 20.0. The summed E-state index contributed by atoms with van der Waals surface area (Å²) in [4.78, 5) is 16.8. The molecular weight excluding hydrogens is 373 g/mol. The molecule has 0 aromatic heterocycles. The Hall–Kier alpha value is -1.21. The molecule has 1 aliphatic rings. The van der Waals surface area contributed by atoms with Crippen LogP contribution < -0.4 is 0 Å². The minimum atomic E-state index is -4.17. The summed E-state index contributed by atoms with van der Waals surface area (Å²) in [5.74, 6) is 0.953. The van der Waals surface area contributed by atoms with Crippen molar-refractivity contribution in [2.45, 2.75) is 44.7 Å². The van der Waals surface area contributed by atoms with Gasteiger partial charge in [-0.1, -0.05) is 13.0 Å². The molecule has 7 heteroatoms. The molecule has 1 heterocycles. The maximum atomic E-state index is 12.6. The quantitative estimate of drug-likeness (QED) is 0.598. The average Bonchev–Trinajstić information content (AvgIpc) is 3.04. The fourth-order valence-electron chi connectivity index (χ4n) is 3.35. The van der Waals surface area contributed by atoms with E-state index in [1.807, 2.05) is 4.90 Å². The van der Waals surface area contributed by atoms with Crippen LogP contribution in [0.5, 0.6) is 0 Å². The summed E-state index contributed by atoms with van der Waals surface area (Å²) in [6.07, 6.45) is -2.93. The third kappa shape index (κ3) is 7.37. The normalized spacial score (nSPS) is 17.7. The van der Waals surface area contributed by atoms with Gasteiger partial charge in [-0.2, -0.15) is 13.2 Å². The largest absolute Gasteiger partial charge is 0.401 e. The molecule has 1 fully saturated rings. The number of rotatable bonds is 8. The van der Waals surface area contributed by atoms with Gasteiger partial charge in [-0.15, -0.1) is 11.8 Å². The van der Waals surface area contributed by atoms with E-state index in [1.54, 1.807) is 18.7 Å². The predicted molar refractivity (Wildman–Crippen MR) is 104 cm³/mol. The fraction of sp³-hybridized carbons (Fsp3) is 0.650. The minimum Gasteiger partial charge on any atom is -0.342 e. The molecule has 1 atom stereocenters. The smallest absolute Gasteiger partial charge is 0.342 e. The lowest BCUT2D eigenvalue weighted by molar-refractivity contribution is -0.146. The minimum absolute atomic E-state index is 0.104. The molecule has 3 nitrogen and oxygen atoms in total. The van der Waals surface area contributed by atoms with E-state index in [4.69, 9.17) is 0 Å². The monoisotopic (exact) mass is 402 g/mol. The molecule has 0 bridgehead atoms. The number of hydrogen-bond donors (Lipinski definition) is 0. The second-order valence-corrected chi connectivity index (χ2v) is 8.45. The Labute approximate surface area is 164 Å². The number of halogens is 3. The van der Waals surface area contributed by atoms with Crippen molar-refractivity contribution in [3.05, 3.63) is 29.3 Å². The molecule has 1 amide bonds. The van der Waals surface area contributed by atoms with Gasteiger partial charge in [-0.05, 0) is 56.0 Å². The van der Waals surface area contributed by atoms with Gasteiger partial charge in [0.15, 0.2) is 0 Å². The van der Waals surface area contributed by atoms with Crippen LogP contribution in [-0.2, 0) is 4.79 Å². The summed E-state index contributed by atoms with van der Waals surface area (Å²) >= 11 is 1.67. The van der Waals surface area contributed by atoms with E-state index in [0.29, 0.717) is 32.6 Å². The van der Waals surface area contributed by atoms with Crippen LogP contribution in [0.3, 0.4) is 0 Å². The topological polar surface area (TPSA) is 23.6 Å². The van der Waals surface area contributed by atoms with Gasteiger partial charge in [0.1, 0.15) is 0 Å². The van der Waals surface area contributed by atoms with Crippen LogP contribution in [0.2, 0.25) is 0 Å². The van der Waals surface area contributed by atoms with Gasteiger partial charge >= 0.3 is 6.18 Å². The standard InChI is InChI=1S/C20H29F3N2OS/c1-4-24(14-20(21,22)23)12-17-7-9-25(13-17)19(26)8-10-27-18-6-5-15(2)16(3)11-18/h5-6,11,17H,4,7-10,12-14H2,1-3H3/t17-/m0/s1. The predicted octanol–water partition coefficient (Wildman–Crippen LogP) is 4.52. The van der Waals surface area contributed by atoms with E-state index < -0.39 is 12.7 Å². The first-order chi connectivity index (χ1) is 12.7. The fourth-order valence-corrected chi connectivity index (χ4v) is 4.29. The number of aryl methyl sites for hydroxylation is 2. The van der Waals surface area contributed by atoms with Crippen molar-refractivity contribution < 1.29 is 18.0 Å². The van der Waals surface area contributed by atoms with Crippen molar-refractivity contribution >= 4 is 17.7 Å². The lowest BCUT2D eigenvalue weighted by atomic mass is 10.1. The zero-order valence-electron chi connectivity index (χ0n) is 16.3. The van der Waals surface area contributed by atoms with E-state index in [1.165, 1.54) is 16.0 Å². The number of hydrogen-bond acceptors (Lipinski definition) is 3. The molecule has 0 saturated carbocycles. The van der Waals surface area contributed by atoms with Crippen molar-refractivity contribution in [1.82, 2.24) is 9.80 Å². The van der Waals surface area contributed by atoms with Crippen LogP contribution in [0.25, 0.3) is 0 Å². The third-order valence-corrected chi connectivity index (χ3v) is 6.06. The Bertz CT molecular complexity index is 636. The molecule has 1 aromatic carbocycles. The van der Waals surface area contributed by atoms with E-state index in [-0.39, 0.29) is 11.8 Å². The van der Waals surface area contributed by atoms with Crippen LogP contribution in [-0.4, -0.2) is 60.4 Å². The number of thioether (sulfide) groups is 1. The Morgan fingerprint density at radius 3 is 2.67 bits per heavy atom. The number of amides is 1.